The van der Waals surface area contributed by atoms with Crippen molar-refractivity contribution >= 4 is 18.6 Å². The van der Waals surface area contributed by atoms with E-state index in [1.165, 1.54) is 0 Å². The summed E-state index contributed by atoms with van der Waals surface area (Å²) in [6, 6.07) is 0. The minimum absolute atomic E-state index is 0.0451. The second-order valence-corrected chi connectivity index (χ2v) is 1.95. The van der Waals surface area contributed by atoms with Gasteiger partial charge in [-0.3, -0.25) is 4.79 Å². The van der Waals surface area contributed by atoms with E-state index in [1.807, 2.05) is 0 Å². The fourth-order valence-corrected chi connectivity index (χ4v) is 0.430. The zero-order valence-corrected chi connectivity index (χ0v) is 6.25. The number of thiol groups is 1. The van der Waals surface area contributed by atoms with Gasteiger partial charge in [-0.05, 0) is 0 Å². The molecule has 0 radical (unpaired) electrons. The Labute approximate surface area is 64.2 Å². The Bertz CT molecular complexity index is 102. The summed E-state index contributed by atoms with van der Waals surface area (Å²) in [7, 11) is 0. The highest BCUT2D eigenvalue weighted by Gasteiger charge is 2.09. The first-order valence-corrected chi connectivity index (χ1v) is 3.40. The summed E-state index contributed by atoms with van der Waals surface area (Å²) in [5.41, 5.74) is 0. The van der Waals surface area contributed by atoms with Gasteiger partial charge in [0.2, 0.25) is 0 Å². The third-order valence-corrected chi connectivity index (χ3v) is 1.09. The molecule has 0 unspecified atom stereocenters. The van der Waals surface area contributed by atoms with Crippen LogP contribution in [0.4, 0.5) is 0 Å². The van der Waals surface area contributed by atoms with E-state index in [4.69, 9.17) is 10.2 Å². The van der Waals surface area contributed by atoms with Gasteiger partial charge in [0.1, 0.15) is 6.10 Å². The van der Waals surface area contributed by atoms with E-state index in [2.05, 4.69) is 17.4 Å². The average molecular weight is 166 g/mol. The van der Waals surface area contributed by atoms with E-state index in [0.717, 1.165) is 0 Å². The number of esters is 1. The average Bonchev–Trinajstić information content (AvgIpc) is 1.99. The summed E-state index contributed by atoms with van der Waals surface area (Å²) < 4.78 is 4.48. The summed E-state index contributed by atoms with van der Waals surface area (Å²) in [5, 5.41) is 16.8. The number of hydrogen-bond acceptors (Lipinski definition) is 5. The van der Waals surface area contributed by atoms with Gasteiger partial charge in [0.05, 0.1) is 19.0 Å². The number of rotatable bonds is 4. The lowest BCUT2D eigenvalue weighted by Crippen LogP contribution is -2.26. The van der Waals surface area contributed by atoms with E-state index in [-0.39, 0.29) is 19.0 Å². The number of hydrogen-bond donors (Lipinski definition) is 3. The number of aliphatic hydroxyl groups excluding tert-OH is 2. The fraction of sp³-hybridized carbons (Fsp3) is 0.800. The molecule has 0 rings (SSSR count). The smallest absolute Gasteiger partial charge is 0.316 e. The summed E-state index contributed by atoms with van der Waals surface area (Å²) >= 11 is 3.63. The van der Waals surface area contributed by atoms with Crippen molar-refractivity contribution < 1.29 is 19.7 Å². The lowest BCUT2D eigenvalue weighted by molar-refractivity contribution is -0.149. The fourth-order valence-electron chi connectivity index (χ4n) is 0.355. The van der Waals surface area contributed by atoms with Crippen molar-refractivity contribution in [3.05, 3.63) is 0 Å². The normalized spacial score (nSPS) is 10.0. The largest absolute Gasteiger partial charge is 0.457 e. The maximum Gasteiger partial charge on any atom is 0.316 e. The molecule has 0 fully saturated rings. The van der Waals surface area contributed by atoms with Crippen molar-refractivity contribution in [3.8, 4) is 0 Å². The van der Waals surface area contributed by atoms with Gasteiger partial charge >= 0.3 is 5.97 Å². The molecule has 0 aliphatic heterocycles. The standard InChI is InChI=1S/C5H10O4S/c6-1-4(2-7)9-5(8)3-10/h4,6-7,10H,1-3H2. The molecule has 0 spiro atoms. The van der Waals surface area contributed by atoms with Gasteiger partial charge in [-0.25, -0.2) is 0 Å². The molecule has 0 aromatic carbocycles. The maximum atomic E-state index is 10.4. The Hall–Kier alpha value is -0.260. The number of carbonyl (C=O) groups is 1. The summed E-state index contributed by atoms with van der Waals surface area (Å²) in [4.78, 5) is 10.4. The van der Waals surface area contributed by atoms with Crippen LogP contribution in [0.5, 0.6) is 0 Å². The molecule has 10 heavy (non-hydrogen) atoms. The minimum atomic E-state index is -0.806. The Balaban J connectivity index is 3.52. The second-order valence-electron chi connectivity index (χ2n) is 1.64. The molecule has 0 aromatic rings. The Morgan fingerprint density at radius 1 is 1.50 bits per heavy atom. The first-order chi connectivity index (χ1) is 4.74. The van der Waals surface area contributed by atoms with Crippen LogP contribution in [0.2, 0.25) is 0 Å². The van der Waals surface area contributed by atoms with Gasteiger partial charge in [-0.2, -0.15) is 12.6 Å². The third kappa shape index (κ3) is 3.71. The highest BCUT2D eigenvalue weighted by Crippen LogP contribution is 1.91. The first-order valence-electron chi connectivity index (χ1n) is 2.76. The summed E-state index contributed by atoms with van der Waals surface area (Å²) in [6.07, 6.45) is -0.806. The number of ether oxygens (including phenoxy) is 1. The van der Waals surface area contributed by atoms with Gasteiger partial charge in [-0.15, -0.1) is 0 Å². The Morgan fingerprint density at radius 3 is 2.30 bits per heavy atom. The van der Waals surface area contributed by atoms with Crippen LogP contribution in [0.3, 0.4) is 0 Å². The summed E-state index contributed by atoms with van der Waals surface area (Å²) in [6.45, 7) is -0.730. The third-order valence-electron chi connectivity index (χ3n) is 0.834. The van der Waals surface area contributed by atoms with Gasteiger partial charge in [-0.1, -0.05) is 0 Å². The number of carbonyl (C=O) groups excluding carboxylic acids is 1. The van der Waals surface area contributed by atoms with E-state index in [1.54, 1.807) is 0 Å². The molecule has 0 bridgehead atoms. The zero-order valence-electron chi connectivity index (χ0n) is 5.36. The molecular formula is C5H10O4S. The van der Waals surface area contributed by atoms with Crippen LogP contribution in [0.15, 0.2) is 0 Å². The molecule has 0 heterocycles. The lowest BCUT2D eigenvalue weighted by Gasteiger charge is -2.10. The SMILES string of the molecule is O=C(CS)OC(CO)CO. The van der Waals surface area contributed by atoms with Crippen molar-refractivity contribution in [1.82, 2.24) is 0 Å². The van der Waals surface area contributed by atoms with E-state index in [9.17, 15) is 4.79 Å². The van der Waals surface area contributed by atoms with Crippen molar-refractivity contribution in [2.75, 3.05) is 19.0 Å². The minimum Gasteiger partial charge on any atom is -0.457 e. The number of aliphatic hydroxyl groups is 2. The molecule has 0 saturated heterocycles. The molecule has 0 saturated carbocycles. The van der Waals surface area contributed by atoms with Crippen LogP contribution in [-0.2, 0) is 9.53 Å². The molecule has 0 atom stereocenters. The van der Waals surface area contributed by atoms with Crippen LogP contribution in [0.1, 0.15) is 0 Å². The van der Waals surface area contributed by atoms with Gasteiger partial charge in [0.15, 0.2) is 0 Å². The highest BCUT2D eigenvalue weighted by atomic mass is 32.1. The van der Waals surface area contributed by atoms with Crippen molar-refractivity contribution in [2.24, 2.45) is 0 Å². The molecule has 2 N–H and O–H groups in total. The maximum absolute atomic E-state index is 10.4. The Kier molecular flexibility index (Phi) is 5.38. The van der Waals surface area contributed by atoms with E-state index >= 15 is 0 Å². The predicted octanol–water partition coefficient (Wildman–Crippen LogP) is -1.19. The van der Waals surface area contributed by atoms with Crippen molar-refractivity contribution in [2.45, 2.75) is 6.10 Å². The lowest BCUT2D eigenvalue weighted by atomic mass is 10.4. The molecule has 0 aromatic heterocycles. The van der Waals surface area contributed by atoms with E-state index in [0.29, 0.717) is 0 Å². The van der Waals surface area contributed by atoms with Crippen LogP contribution in [-0.4, -0.2) is 41.3 Å². The molecule has 0 aliphatic rings. The predicted molar refractivity (Wildman–Crippen MR) is 37.9 cm³/mol. The zero-order chi connectivity index (χ0) is 7.98. The molecule has 60 valence electrons. The van der Waals surface area contributed by atoms with Crippen LogP contribution in [0, 0.1) is 0 Å². The Morgan fingerprint density at radius 2 is 2.00 bits per heavy atom. The highest BCUT2D eigenvalue weighted by molar-refractivity contribution is 7.81. The molecule has 4 nitrogen and oxygen atoms in total. The monoisotopic (exact) mass is 166 g/mol. The molecule has 0 amide bonds. The summed E-state index contributed by atoms with van der Waals surface area (Å²) in [5.74, 6) is -0.590. The van der Waals surface area contributed by atoms with Crippen LogP contribution in [0.25, 0.3) is 0 Å². The quantitative estimate of drug-likeness (QED) is 0.363. The molecule has 5 heteroatoms. The van der Waals surface area contributed by atoms with E-state index < -0.39 is 12.1 Å². The second kappa shape index (κ2) is 5.52. The van der Waals surface area contributed by atoms with Gasteiger partial charge in [0, 0.05) is 0 Å². The van der Waals surface area contributed by atoms with Crippen LogP contribution < -0.4 is 0 Å². The molecule has 0 aliphatic carbocycles. The van der Waals surface area contributed by atoms with Gasteiger partial charge in [0.25, 0.3) is 0 Å². The van der Waals surface area contributed by atoms with Crippen molar-refractivity contribution in [3.63, 3.8) is 0 Å². The molecular weight excluding hydrogens is 156 g/mol. The van der Waals surface area contributed by atoms with Gasteiger partial charge < -0.3 is 14.9 Å². The van der Waals surface area contributed by atoms with Crippen LogP contribution >= 0.6 is 12.6 Å². The van der Waals surface area contributed by atoms with Crippen molar-refractivity contribution in [1.29, 1.82) is 0 Å². The topological polar surface area (TPSA) is 66.8 Å². The first kappa shape index (κ1) is 9.74.